The first-order valence-corrected chi connectivity index (χ1v) is 4.60. The molecule has 1 aromatic rings. The van der Waals surface area contributed by atoms with E-state index in [0.29, 0.717) is 5.02 Å². The molecule has 1 rings (SSSR count). The molecule has 13 heavy (non-hydrogen) atoms. The van der Waals surface area contributed by atoms with Crippen LogP contribution in [0, 0.1) is 6.92 Å². The van der Waals surface area contributed by atoms with E-state index in [9.17, 15) is 5.11 Å². The van der Waals surface area contributed by atoms with Gasteiger partial charge in [0.2, 0.25) is 0 Å². The third kappa shape index (κ3) is 2.21. The van der Waals surface area contributed by atoms with Gasteiger partial charge in [-0.25, -0.2) is 0 Å². The molecule has 3 N–H and O–H groups in total. The van der Waals surface area contributed by atoms with Crippen LogP contribution in [0.1, 0.15) is 24.1 Å². The summed E-state index contributed by atoms with van der Waals surface area (Å²) in [6, 6.07) is 5.18. The van der Waals surface area contributed by atoms with Gasteiger partial charge in [-0.2, -0.15) is 0 Å². The van der Waals surface area contributed by atoms with Crippen molar-refractivity contribution in [2.75, 3.05) is 0 Å². The van der Waals surface area contributed by atoms with Crippen LogP contribution in [0.2, 0.25) is 5.02 Å². The molecule has 3 heteroatoms. The molecule has 0 saturated carbocycles. The van der Waals surface area contributed by atoms with Gasteiger partial charge in [0.25, 0.3) is 0 Å². The van der Waals surface area contributed by atoms with E-state index in [1.807, 2.05) is 25.1 Å². The molecule has 2 nitrogen and oxygen atoms in total. The maximum absolute atomic E-state index is 9.32. The summed E-state index contributed by atoms with van der Waals surface area (Å²) in [5.74, 6) is 0. The number of rotatable bonds is 2. The van der Waals surface area contributed by atoms with Crippen LogP contribution in [-0.4, -0.2) is 11.2 Å². The van der Waals surface area contributed by atoms with Gasteiger partial charge in [0.05, 0.1) is 12.1 Å². The topological polar surface area (TPSA) is 46.2 Å². The Balaban J connectivity index is 3.07. The van der Waals surface area contributed by atoms with E-state index in [1.54, 1.807) is 6.92 Å². The first kappa shape index (κ1) is 10.5. The predicted octanol–water partition coefficient (Wildman–Crippen LogP) is 2.03. The summed E-state index contributed by atoms with van der Waals surface area (Å²) < 4.78 is 0. The molecule has 0 unspecified atom stereocenters. The molecule has 0 aliphatic carbocycles. The quantitative estimate of drug-likeness (QED) is 0.766. The molecule has 2 atom stereocenters. The lowest BCUT2D eigenvalue weighted by molar-refractivity contribution is 0.164. The van der Waals surface area contributed by atoms with E-state index >= 15 is 0 Å². The summed E-state index contributed by atoms with van der Waals surface area (Å²) >= 11 is 5.93. The summed E-state index contributed by atoms with van der Waals surface area (Å²) in [5.41, 5.74) is 7.65. The monoisotopic (exact) mass is 199 g/mol. The standard InChI is InChI=1S/C10H14ClNO/c1-6-8(10(12)7(2)13)4-3-5-9(6)11/h3-5,7,10,13H,12H2,1-2H3/t7-,10+/m0/s1. The van der Waals surface area contributed by atoms with Crippen LogP contribution in [0.5, 0.6) is 0 Å². The SMILES string of the molecule is Cc1c(Cl)cccc1[C@H](N)[C@H](C)O. The summed E-state index contributed by atoms with van der Waals surface area (Å²) in [5, 5.41) is 10.0. The van der Waals surface area contributed by atoms with Gasteiger partial charge in [-0.1, -0.05) is 23.7 Å². The molecule has 0 aliphatic rings. The number of halogens is 1. The molecule has 0 aromatic heterocycles. The molecule has 1 aromatic carbocycles. The molecule has 0 amide bonds. The molecule has 72 valence electrons. The molecule has 0 spiro atoms. The Morgan fingerprint density at radius 2 is 2.08 bits per heavy atom. The average molecular weight is 200 g/mol. The lowest BCUT2D eigenvalue weighted by Crippen LogP contribution is -2.23. The van der Waals surface area contributed by atoms with Crippen LogP contribution in [0.15, 0.2) is 18.2 Å². The first-order valence-electron chi connectivity index (χ1n) is 4.22. The Bertz CT molecular complexity index is 299. The van der Waals surface area contributed by atoms with Gasteiger partial charge < -0.3 is 10.8 Å². The van der Waals surface area contributed by atoms with Crippen LogP contribution < -0.4 is 5.73 Å². The smallest absolute Gasteiger partial charge is 0.0704 e. The fraction of sp³-hybridized carbons (Fsp3) is 0.400. The lowest BCUT2D eigenvalue weighted by Gasteiger charge is -2.17. The fourth-order valence-corrected chi connectivity index (χ4v) is 1.43. The minimum atomic E-state index is -0.558. The number of hydrogen-bond donors (Lipinski definition) is 2. The van der Waals surface area contributed by atoms with Crippen LogP contribution in [0.25, 0.3) is 0 Å². The number of nitrogens with two attached hydrogens (primary N) is 1. The third-order valence-corrected chi connectivity index (χ3v) is 2.60. The summed E-state index contributed by atoms with van der Waals surface area (Å²) in [6.45, 7) is 3.57. The zero-order chi connectivity index (χ0) is 10.0. The van der Waals surface area contributed by atoms with E-state index < -0.39 is 6.10 Å². The largest absolute Gasteiger partial charge is 0.391 e. The van der Waals surface area contributed by atoms with Gasteiger partial charge in [0.15, 0.2) is 0 Å². The van der Waals surface area contributed by atoms with E-state index in [1.165, 1.54) is 0 Å². The van der Waals surface area contributed by atoms with E-state index in [0.717, 1.165) is 11.1 Å². The van der Waals surface area contributed by atoms with Crippen molar-refractivity contribution >= 4 is 11.6 Å². The second-order valence-corrected chi connectivity index (χ2v) is 3.63. The second-order valence-electron chi connectivity index (χ2n) is 3.22. The maximum Gasteiger partial charge on any atom is 0.0704 e. The highest BCUT2D eigenvalue weighted by Crippen LogP contribution is 2.24. The van der Waals surface area contributed by atoms with E-state index in [-0.39, 0.29) is 6.04 Å². The van der Waals surface area contributed by atoms with E-state index in [2.05, 4.69) is 0 Å². The lowest BCUT2D eigenvalue weighted by atomic mass is 9.99. The van der Waals surface area contributed by atoms with Gasteiger partial charge in [-0.05, 0) is 31.0 Å². The Kier molecular flexibility index (Phi) is 3.31. The Labute approximate surface area is 83.3 Å². The molecule has 0 fully saturated rings. The maximum atomic E-state index is 9.32. The van der Waals surface area contributed by atoms with Crippen molar-refractivity contribution < 1.29 is 5.11 Å². The van der Waals surface area contributed by atoms with Gasteiger partial charge in [0.1, 0.15) is 0 Å². The fourth-order valence-electron chi connectivity index (χ4n) is 1.25. The zero-order valence-corrected chi connectivity index (χ0v) is 8.55. The minimum Gasteiger partial charge on any atom is -0.391 e. The van der Waals surface area contributed by atoms with Gasteiger partial charge in [0, 0.05) is 5.02 Å². The molecule has 0 heterocycles. The van der Waals surface area contributed by atoms with Crippen molar-refractivity contribution in [1.82, 2.24) is 0 Å². The number of benzene rings is 1. The second kappa shape index (κ2) is 4.09. The molecule has 0 radical (unpaired) electrons. The summed E-state index contributed by atoms with van der Waals surface area (Å²) in [6.07, 6.45) is -0.558. The van der Waals surface area contributed by atoms with Crippen molar-refractivity contribution in [3.05, 3.63) is 34.3 Å². The zero-order valence-electron chi connectivity index (χ0n) is 7.79. The molecule has 0 saturated heterocycles. The third-order valence-electron chi connectivity index (χ3n) is 2.19. The normalized spacial score (nSPS) is 15.5. The van der Waals surface area contributed by atoms with Crippen molar-refractivity contribution in [2.45, 2.75) is 26.0 Å². The van der Waals surface area contributed by atoms with Crippen molar-refractivity contribution in [2.24, 2.45) is 5.73 Å². The van der Waals surface area contributed by atoms with Gasteiger partial charge in [-0.3, -0.25) is 0 Å². The Morgan fingerprint density at radius 1 is 1.46 bits per heavy atom. The molecular weight excluding hydrogens is 186 g/mol. The average Bonchev–Trinajstić information content (AvgIpc) is 2.08. The number of aliphatic hydroxyl groups excluding tert-OH is 1. The van der Waals surface area contributed by atoms with Crippen molar-refractivity contribution in [3.63, 3.8) is 0 Å². The number of hydrogen-bond acceptors (Lipinski definition) is 2. The van der Waals surface area contributed by atoms with Gasteiger partial charge >= 0.3 is 0 Å². The highest BCUT2D eigenvalue weighted by atomic mass is 35.5. The molecule has 0 aliphatic heterocycles. The first-order chi connectivity index (χ1) is 6.04. The van der Waals surface area contributed by atoms with Crippen LogP contribution >= 0.6 is 11.6 Å². The van der Waals surface area contributed by atoms with Crippen molar-refractivity contribution in [3.8, 4) is 0 Å². The highest BCUT2D eigenvalue weighted by molar-refractivity contribution is 6.31. The molecular formula is C10H14ClNO. The Hall–Kier alpha value is -0.570. The van der Waals surface area contributed by atoms with Crippen LogP contribution in [0.3, 0.4) is 0 Å². The van der Waals surface area contributed by atoms with Gasteiger partial charge in [-0.15, -0.1) is 0 Å². The summed E-state index contributed by atoms with van der Waals surface area (Å²) in [4.78, 5) is 0. The molecule has 0 bridgehead atoms. The van der Waals surface area contributed by atoms with Crippen LogP contribution in [0.4, 0.5) is 0 Å². The number of aliphatic hydroxyl groups is 1. The Morgan fingerprint density at radius 3 is 2.62 bits per heavy atom. The highest BCUT2D eigenvalue weighted by Gasteiger charge is 2.14. The summed E-state index contributed by atoms with van der Waals surface area (Å²) in [7, 11) is 0. The van der Waals surface area contributed by atoms with E-state index in [4.69, 9.17) is 17.3 Å². The predicted molar refractivity (Wildman–Crippen MR) is 54.8 cm³/mol. The minimum absolute atomic E-state index is 0.362. The van der Waals surface area contributed by atoms with Crippen molar-refractivity contribution in [1.29, 1.82) is 0 Å². The van der Waals surface area contributed by atoms with Crippen LogP contribution in [-0.2, 0) is 0 Å².